The Hall–Kier alpha value is -1.36. The first-order valence-corrected chi connectivity index (χ1v) is 6.07. The fourth-order valence-corrected chi connectivity index (χ4v) is 1.61. The molecule has 0 bridgehead atoms. The minimum Gasteiger partial charge on any atom is -0.298 e. The van der Waals surface area contributed by atoms with Crippen molar-refractivity contribution < 1.29 is 13.2 Å². The van der Waals surface area contributed by atoms with Crippen molar-refractivity contribution >= 4 is 22.0 Å². The molecule has 0 radical (unpaired) electrons. The van der Waals surface area contributed by atoms with E-state index in [0.29, 0.717) is 17.5 Å². The quantitative estimate of drug-likeness (QED) is 0.795. The zero-order valence-corrected chi connectivity index (χ0v) is 9.41. The van der Waals surface area contributed by atoms with Crippen LogP contribution in [-0.2, 0) is 10.0 Å². The topological polar surface area (TPSA) is 63.2 Å². The Morgan fingerprint density at radius 3 is 2.13 bits per heavy atom. The summed E-state index contributed by atoms with van der Waals surface area (Å²) < 4.78 is 25.4. The first-order chi connectivity index (χ1) is 6.95. The summed E-state index contributed by atoms with van der Waals surface area (Å²) in [4.78, 5) is 10.4. The SMILES string of the molecule is CC(C)S(=O)(=O)Nc1ccc(C=O)cc1. The third-order valence-corrected chi connectivity index (χ3v) is 3.69. The van der Waals surface area contributed by atoms with Gasteiger partial charge < -0.3 is 0 Å². The summed E-state index contributed by atoms with van der Waals surface area (Å²) in [6.45, 7) is 3.20. The van der Waals surface area contributed by atoms with Crippen LogP contribution in [0.5, 0.6) is 0 Å². The fourth-order valence-electron chi connectivity index (χ4n) is 0.912. The number of aldehydes is 1. The molecular weight excluding hydrogens is 214 g/mol. The summed E-state index contributed by atoms with van der Waals surface area (Å²) in [6, 6.07) is 6.24. The third kappa shape index (κ3) is 3.06. The Balaban J connectivity index is 2.87. The average molecular weight is 227 g/mol. The Morgan fingerprint density at radius 2 is 1.73 bits per heavy atom. The largest absolute Gasteiger partial charge is 0.298 e. The lowest BCUT2D eigenvalue weighted by atomic mass is 10.2. The second kappa shape index (κ2) is 4.44. The van der Waals surface area contributed by atoms with Gasteiger partial charge in [-0.05, 0) is 38.1 Å². The molecule has 82 valence electrons. The molecule has 4 nitrogen and oxygen atoms in total. The Morgan fingerprint density at radius 1 is 1.20 bits per heavy atom. The summed E-state index contributed by atoms with van der Waals surface area (Å²) in [6.07, 6.45) is 0.709. The molecular formula is C10H13NO3S. The minimum absolute atomic E-state index is 0.467. The van der Waals surface area contributed by atoms with Crippen LogP contribution >= 0.6 is 0 Å². The van der Waals surface area contributed by atoms with E-state index in [-0.39, 0.29) is 0 Å². The number of hydrogen-bond donors (Lipinski definition) is 1. The molecule has 1 N–H and O–H groups in total. The van der Waals surface area contributed by atoms with Crippen LogP contribution in [0.2, 0.25) is 0 Å². The number of anilines is 1. The maximum absolute atomic E-state index is 11.5. The van der Waals surface area contributed by atoms with Gasteiger partial charge in [-0.1, -0.05) is 0 Å². The highest BCUT2D eigenvalue weighted by Crippen LogP contribution is 2.12. The van der Waals surface area contributed by atoms with E-state index in [9.17, 15) is 13.2 Å². The fraction of sp³-hybridized carbons (Fsp3) is 0.300. The lowest BCUT2D eigenvalue weighted by molar-refractivity contribution is 0.112. The van der Waals surface area contributed by atoms with Crippen LogP contribution in [0.3, 0.4) is 0 Å². The lowest BCUT2D eigenvalue weighted by Crippen LogP contribution is -2.22. The van der Waals surface area contributed by atoms with Crippen LogP contribution in [0.1, 0.15) is 24.2 Å². The Labute approximate surface area is 89.4 Å². The maximum Gasteiger partial charge on any atom is 0.235 e. The number of benzene rings is 1. The molecule has 0 fully saturated rings. The number of sulfonamides is 1. The minimum atomic E-state index is -3.31. The van der Waals surface area contributed by atoms with Crippen LogP contribution in [0.4, 0.5) is 5.69 Å². The van der Waals surface area contributed by atoms with E-state index in [1.807, 2.05) is 0 Å². The van der Waals surface area contributed by atoms with Gasteiger partial charge in [-0.3, -0.25) is 9.52 Å². The predicted octanol–water partition coefficient (Wildman–Crippen LogP) is 1.65. The van der Waals surface area contributed by atoms with Gasteiger partial charge in [-0.2, -0.15) is 0 Å². The highest BCUT2D eigenvalue weighted by Gasteiger charge is 2.14. The number of carbonyl (C=O) groups excluding carboxylic acids is 1. The molecule has 0 spiro atoms. The Kier molecular flexibility index (Phi) is 3.47. The van der Waals surface area contributed by atoms with Gasteiger partial charge in [0.25, 0.3) is 0 Å². The summed E-state index contributed by atoms with van der Waals surface area (Å²) in [5, 5.41) is -0.483. The van der Waals surface area contributed by atoms with Crippen molar-refractivity contribution in [3.8, 4) is 0 Å². The van der Waals surface area contributed by atoms with E-state index in [4.69, 9.17) is 0 Å². The van der Waals surface area contributed by atoms with Crippen molar-refractivity contribution in [1.29, 1.82) is 0 Å². The van der Waals surface area contributed by atoms with Gasteiger partial charge >= 0.3 is 0 Å². The van der Waals surface area contributed by atoms with Gasteiger partial charge in [0.15, 0.2) is 0 Å². The van der Waals surface area contributed by atoms with Crippen LogP contribution in [0.15, 0.2) is 24.3 Å². The highest BCUT2D eigenvalue weighted by molar-refractivity contribution is 7.93. The van der Waals surface area contributed by atoms with Crippen molar-refractivity contribution in [1.82, 2.24) is 0 Å². The number of hydrogen-bond acceptors (Lipinski definition) is 3. The molecule has 0 unspecified atom stereocenters. The second-order valence-corrected chi connectivity index (χ2v) is 5.67. The van der Waals surface area contributed by atoms with Crippen molar-refractivity contribution in [3.05, 3.63) is 29.8 Å². The van der Waals surface area contributed by atoms with Crippen molar-refractivity contribution in [2.75, 3.05) is 4.72 Å². The van der Waals surface area contributed by atoms with Crippen LogP contribution in [-0.4, -0.2) is 20.0 Å². The zero-order chi connectivity index (χ0) is 11.5. The molecule has 0 aromatic heterocycles. The number of nitrogens with one attached hydrogen (secondary N) is 1. The standard InChI is InChI=1S/C10H13NO3S/c1-8(2)15(13,14)11-10-5-3-9(7-12)4-6-10/h3-8,11H,1-2H3. The van der Waals surface area contributed by atoms with E-state index in [2.05, 4.69) is 4.72 Å². The molecule has 5 heteroatoms. The molecule has 0 heterocycles. The maximum atomic E-state index is 11.5. The van der Waals surface area contributed by atoms with E-state index < -0.39 is 15.3 Å². The lowest BCUT2D eigenvalue weighted by Gasteiger charge is -2.10. The first kappa shape index (κ1) is 11.7. The molecule has 0 aliphatic heterocycles. The molecule has 1 rings (SSSR count). The predicted molar refractivity (Wildman–Crippen MR) is 59.5 cm³/mol. The van der Waals surface area contributed by atoms with Crippen molar-refractivity contribution in [2.45, 2.75) is 19.1 Å². The second-order valence-electron chi connectivity index (χ2n) is 3.44. The summed E-state index contributed by atoms with van der Waals surface area (Å²) >= 11 is 0. The van der Waals surface area contributed by atoms with Gasteiger partial charge in [0.05, 0.1) is 5.25 Å². The first-order valence-electron chi connectivity index (χ1n) is 4.52. The third-order valence-electron chi connectivity index (χ3n) is 1.93. The van der Waals surface area contributed by atoms with E-state index in [1.165, 1.54) is 0 Å². The summed E-state index contributed by atoms with van der Waals surface area (Å²) in [7, 11) is -3.31. The molecule has 0 amide bonds. The normalized spacial score (nSPS) is 11.4. The van der Waals surface area contributed by atoms with Gasteiger partial charge in [0.1, 0.15) is 6.29 Å². The van der Waals surface area contributed by atoms with E-state index >= 15 is 0 Å². The summed E-state index contributed by atoms with van der Waals surface area (Å²) in [5.74, 6) is 0. The molecule has 1 aromatic rings. The van der Waals surface area contributed by atoms with Gasteiger partial charge in [-0.15, -0.1) is 0 Å². The molecule has 0 aliphatic carbocycles. The van der Waals surface area contributed by atoms with Gasteiger partial charge in [-0.25, -0.2) is 8.42 Å². The summed E-state index contributed by atoms with van der Waals surface area (Å²) in [5.41, 5.74) is 0.983. The highest BCUT2D eigenvalue weighted by atomic mass is 32.2. The van der Waals surface area contributed by atoms with Crippen molar-refractivity contribution in [2.24, 2.45) is 0 Å². The molecule has 15 heavy (non-hydrogen) atoms. The molecule has 1 aromatic carbocycles. The number of carbonyl (C=O) groups is 1. The zero-order valence-electron chi connectivity index (χ0n) is 8.60. The van der Waals surface area contributed by atoms with Crippen LogP contribution < -0.4 is 4.72 Å². The molecule has 0 atom stereocenters. The van der Waals surface area contributed by atoms with E-state index in [0.717, 1.165) is 0 Å². The molecule has 0 saturated carbocycles. The monoisotopic (exact) mass is 227 g/mol. The number of rotatable bonds is 4. The Bertz CT molecular complexity index is 434. The van der Waals surface area contributed by atoms with Crippen molar-refractivity contribution in [3.63, 3.8) is 0 Å². The van der Waals surface area contributed by atoms with Crippen LogP contribution in [0.25, 0.3) is 0 Å². The van der Waals surface area contributed by atoms with E-state index in [1.54, 1.807) is 38.1 Å². The molecule has 0 saturated heterocycles. The van der Waals surface area contributed by atoms with Crippen LogP contribution in [0, 0.1) is 0 Å². The van der Waals surface area contributed by atoms with Gasteiger partial charge in [0.2, 0.25) is 10.0 Å². The molecule has 0 aliphatic rings. The average Bonchev–Trinajstić information content (AvgIpc) is 2.18. The smallest absolute Gasteiger partial charge is 0.235 e. The van der Waals surface area contributed by atoms with Gasteiger partial charge in [0, 0.05) is 11.3 Å².